The Balaban J connectivity index is 2.45. The summed E-state index contributed by atoms with van der Waals surface area (Å²) in [4.78, 5) is 23.4. The number of hydrogen-bond acceptors (Lipinski definition) is 4. The third kappa shape index (κ3) is 2.91. The number of thiocarbonyl (C=S) groups is 1. The maximum absolute atomic E-state index is 11.7. The first-order valence-electron chi connectivity index (χ1n) is 5.23. The van der Waals surface area contributed by atoms with Crippen molar-refractivity contribution < 1.29 is 14.3 Å². The van der Waals surface area contributed by atoms with Gasteiger partial charge in [0.15, 0.2) is 5.11 Å². The number of ether oxygens (including phenoxy) is 1. The van der Waals surface area contributed by atoms with Crippen molar-refractivity contribution in [2.24, 2.45) is 0 Å². The van der Waals surface area contributed by atoms with Crippen LogP contribution >= 0.6 is 23.8 Å². The molecule has 0 atom stereocenters. The Morgan fingerprint density at radius 1 is 1.26 bits per heavy atom. The molecule has 0 aromatic heterocycles. The van der Waals surface area contributed by atoms with E-state index < -0.39 is 11.8 Å². The molecule has 1 saturated heterocycles. The lowest BCUT2D eigenvalue weighted by molar-refractivity contribution is -0.123. The van der Waals surface area contributed by atoms with Gasteiger partial charge in [-0.1, -0.05) is 11.6 Å². The van der Waals surface area contributed by atoms with Crippen molar-refractivity contribution in [1.29, 1.82) is 0 Å². The van der Waals surface area contributed by atoms with Crippen LogP contribution in [0.3, 0.4) is 0 Å². The Morgan fingerprint density at radius 3 is 2.47 bits per heavy atom. The van der Waals surface area contributed by atoms with E-state index in [0.717, 1.165) is 0 Å². The molecule has 7 heteroatoms. The molecule has 2 rings (SSSR count). The molecule has 0 spiro atoms. The van der Waals surface area contributed by atoms with Gasteiger partial charge in [0.2, 0.25) is 0 Å². The SMILES string of the molecule is COc1ccc(Cl)cc1C=C1C(=O)NC(=S)NC1=O. The van der Waals surface area contributed by atoms with E-state index in [4.69, 9.17) is 28.6 Å². The van der Waals surface area contributed by atoms with Crippen molar-refractivity contribution in [3.8, 4) is 5.75 Å². The van der Waals surface area contributed by atoms with Crippen LogP contribution in [0.5, 0.6) is 5.75 Å². The van der Waals surface area contributed by atoms with E-state index in [1.807, 2.05) is 0 Å². The summed E-state index contributed by atoms with van der Waals surface area (Å²) in [6.45, 7) is 0. The molecule has 1 heterocycles. The van der Waals surface area contributed by atoms with Crippen LogP contribution < -0.4 is 15.4 Å². The smallest absolute Gasteiger partial charge is 0.263 e. The summed E-state index contributed by atoms with van der Waals surface area (Å²) in [6.07, 6.45) is 1.40. The molecule has 2 N–H and O–H groups in total. The zero-order valence-electron chi connectivity index (χ0n) is 9.82. The number of methoxy groups -OCH3 is 1. The molecule has 0 saturated carbocycles. The highest BCUT2D eigenvalue weighted by molar-refractivity contribution is 7.80. The number of halogens is 1. The Bertz CT molecular complexity index is 591. The topological polar surface area (TPSA) is 67.4 Å². The van der Waals surface area contributed by atoms with Crippen LogP contribution in [0, 0.1) is 0 Å². The fraction of sp³-hybridized carbons (Fsp3) is 0.0833. The number of carbonyl (C=O) groups is 2. The van der Waals surface area contributed by atoms with Crippen molar-refractivity contribution in [2.45, 2.75) is 0 Å². The fourth-order valence-corrected chi connectivity index (χ4v) is 1.95. The average Bonchev–Trinajstić information content (AvgIpc) is 2.34. The first kappa shape index (κ1) is 13.5. The number of benzene rings is 1. The number of carbonyl (C=O) groups excluding carboxylic acids is 2. The standard InChI is InChI=1S/C12H9ClN2O3S/c1-18-9-3-2-7(13)4-6(9)5-8-10(16)14-12(19)15-11(8)17/h2-5H,1H3,(H2,14,15,16,17,19). The lowest BCUT2D eigenvalue weighted by atomic mass is 10.1. The van der Waals surface area contributed by atoms with Gasteiger partial charge in [0.1, 0.15) is 11.3 Å². The van der Waals surface area contributed by atoms with Gasteiger partial charge >= 0.3 is 0 Å². The van der Waals surface area contributed by atoms with Gasteiger partial charge in [-0.2, -0.15) is 0 Å². The molecule has 1 aromatic carbocycles. The maximum atomic E-state index is 11.7. The summed E-state index contributed by atoms with van der Waals surface area (Å²) in [5, 5.41) is 5.16. The Labute approximate surface area is 119 Å². The van der Waals surface area contributed by atoms with E-state index in [-0.39, 0.29) is 10.7 Å². The average molecular weight is 297 g/mol. The van der Waals surface area contributed by atoms with Crippen LogP contribution in [0.25, 0.3) is 6.08 Å². The van der Waals surface area contributed by atoms with Gasteiger partial charge in [0.05, 0.1) is 7.11 Å². The van der Waals surface area contributed by atoms with Crippen molar-refractivity contribution in [3.63, 3.8) is 0 Å². The van der Waals surface area contributed by atoms with Crippen molar-refractivity contribution in [2.75, 3.05) is 7.11 Å². The second kappa shape index (κ2) is 5.38. The molecule has 1 aromatic rings. The predicted octanol–water partition coefficient (Wildman–Crippen LogP) is 1.26. The normalized spacial score (nSPS) is 14.8. The monoisotopic (exact) mass is 296 g/mol. The van der Waals surface area contributed by atoms with Gasteiger partial charge in [0, 0.05) is 10.6 Å². The van der Waals surface area contributed by atoms with Gasteiger partial charge in [-0.3, -0.25) is 20.2 Å². The van der Waals surface area contributed by atoms with E-state index in [0.29, 0.717) is 16.3 Å². The zero-order valence-corrected chi connectivity index (χ0v) is 11.4. The third-order valence-electron chi connectivity index (χ3n) is 2.43. The molecule has 0 radical (unpaired) electrons. The molecule has 0 bridgehead atoms. The largest absolute Gasteiger partial charge is 0.496 e. The van der Waals surface area contributed by atoms with Gasteiger partial charge in [0.25, 0.3) is 11.8 Å². The minimum atomic E-state index is -0.559. The maximum Gasteiger partial charge on any atom is 0.263 e. The van der Waals surface area contributed by atoms with E-state index in [1.165, 1.54) is 13.2 Å². The highest BCUT2D eigenvalue weighted by Crippen LogP contribution is 2.25. The van der Waals surface area contributed by atoms with Gasteiger partial charge in [-0.25, -0.2) is 0 Å². The van der Waals surface area contributed by atoms with Crippen LogP contribution in [-0.2, 0) is 9.59 Å². The van der Waals surface area contributed by atoms with Crippen molar-refractivity contribution >= 4 is 46.8 Å². The van der Waals surface area contributed by atoms with Crippen LogP contribution in [0.4, 0.5) is 0 Å². The molecule has 19 heavy (non-hydrogen) atoms. The van der Waals surface area contributed by atoms with Gasteiger partial charge in [-0.05, 0) is 36.5 Å². The highest BCUT2D eigenvalue weighted by Gasteiger charge is 2.26. The number of rotatable bonds is 2. The van der Waals surface area contributed by atoms with Crippen LogP contribution in [0.15, 0.2) is 23.8 Å². The number of nitrogens with one attached hydrogen (secondary N) is 2. The van der Waals surface area contributed by atoms with Crippen LogP contribution in [0.2, 0.25) is 5.02 Å². The summed E-state index contributed by atoms with van der Waals surface area (Å²) >= 11 is 10.6. The molecule has 1 aliphatic rings. The van der Waals surface area contributed by atoms with Gasteiger partial charge < -0.3 is 4.74 Å². The van der Waals surface area contributed by atoms with Crippen molar-refractivity contribution in [3.05, 3.63) is 34.4 Å². The number of amides is 2. The first-order chi connectivity index (χ1) is 9.01. The summed E-state index contributed by atoms with van der Waals surface area (Å²) in [5.74, 6) is -0.614. The van der Waals surface area contributed by atoms with Crippen molar-refractivity contribution in [1.82, 2.24) is 10.6 Å². The van der Waals surface area contributed by atoms with E-state index in [2.05, 4.69) is 10.6 Å². The molecule has 98 valence electrons. The van der Waals surface area contributed by atoms with Crippen LogP contribution in [-0.4, -0.2) is 24.0 Å². The summed E-state index contributed by atoms with van der Waals surface area (Å²) in [7, 11) is 1.49. The first-order valence-corrected chi connectivity index (χ1v) is 6.02. The Hall–Kier alpha value is -1.92. The lowest BCUT2D eigenvalue weighted by Gasteiger charge is -2.16. The van der Waals surface area contributed by atoms with Crippen LogP contribution in [0.1, 0.15) is 5.56 Å². The van der Waals surface area contributed by atoms with E-state index in [1.54, 1.807) is 18.2 Å². The third-order valence-corrected chi connectivity index (χ3v) is 2.87. The summed E-state index contributed by atoms with van der Waals surface area (Å²) in [5.41, 5.74) is 0.470. The molecular weight excluding hydrogens is 288 g/mol. The molecule has 2 amide bonds. The Kier molecular flexibility index (Phi) is 3.82. The van der Waals surface area contributed by atoms with Gasteiger partial charge in [-0.15, -0.1) is 0 Å². The molecule has 0 unspecified atom stereocenters. The van der Waals surface area contributed by atoms with E-state index in [9.17, 15) is 9.59 Å². The predicted molar refractivity (Wildman–Crippen MR) is 74.9 cm³/mol. The minimum Gasteiger partial charge on any atom is -0.496 e. The molecule has 0 aliphatic carbocycles. The quantitative estimate of drug-likeness (QED) is 0.490. The second-order valence-corrected chi connectivity index (χ2v) is 4.53. The lowest BCUT2D eigenvalue weighted by Crippen LogP contribution is -2.51. The summed E-state index contributed by atoms with van der Waals surface area (Å²) < 4.78 is 5.14. The minimum absolute atomic E-state index is 0.00907. The second-order valence-electron chi connectivity index (χ2n) is 3.68. The fourth-order valence-electron chi connectivity index (χ4n) is 1.58. The number of hydrogen-bond donors (Lipinski definition) is 2. The molecule has 5 nitrogen and oxygen atoms in total. The highest BCUT2D eigenvalue weighted by atomic mass is 35.5. The summed E-state index contributed by atoms with van der Waals surface area (Å²) in [6, 6.07) is 4.90. The zero-order chi connectivity index (χ0) is 14.0. The molecular formula is C12H9ClN2O3S. The Morgan fingerprint density at radius 2 is 1.89 bits per heavy atom. The molecule has 1 fully saturated rings. The van der Waals surface area contributed by atoms with E-state index >= 15 is 0 Å². The molecule has 1 aliphatic heterocycles.